The molecule has 0 atom stereocenters. The van der Waals surface area contributed by atoms with E-state index in [4.69, 9.17) is 4.74 Å². The Labute approximate surface area is 136 Å². The van der Waals surface area contributed by atoms with Gasteiger partial charge in [-0.3, -0.25) is 0 Å². The average Bonchev–Trinajstić information content (AvgIpc) is 2.56. The first kappa shape index (κ1) is 16.6. The van der Waals surface area contributed by atoms with Gasteiger partial charge >= 0.3 is 6.09 Å². The smallest absolute Gasteiger partial charge is 0.407 e. The largest absolute Gasteiger partial charge is 0.507 e. The van der Waals surface area contributed by atoms with Crippen molar-refractivity contribution in [2.45, 2.75) is 20.0 Å². The number of alkyl carbamates (subject to hydrolysis) is 1. The maximum Gasteiger partial charge on any atom is 0.407 e. The zero-order valence-electron chi connectivity index (χ0n) is 13.2. The number of amides is 1. The van der Waals surface area contributed by atoms with Crippen LogP contribution in [0.4, 0.5) is 4.79 Å². The number of rotatable bonds is 6. The van der Waals surface area contributed by atoms with Gasteiger partial charge in [-0.1, -0.05) is 54.6 Å². The van der Waals surface area contributed by atoms with E-state index in [1.54, 1.807) is 6.07 Å². The van der Waals surface area contributed by atoms with E-state index in [1.165, 1.54) is 0 Å². The van der Waals surface area contributed by atoms with Crippen molar-refractivity contribution >= 4 is 12.2 Å². The van der Waals surface area contributed by atoms with Crippen LogP contribution in [0, 0.1) is 6.92 Å². The first-order valence-corrected chi connectivity index (χ1v) is 7.56. The third kappa shape index (κ3) is 5.51. The number of phenolic OH excluding ortho intramolecular Hbond substituents is 1. The van der Waals surface area contributed by atoms with E-state index < -0.39 is 6.09 Å². The Morgan fingerprint density at radius 3 is 2.70 bits per heavy atom. The Kier molecular flexibility index (Phi) is 6.24. The highest BCUT2D eigenvalue weighted by atomic mass is 16.5. The number of carbonyl (C=O) groups is 1. The summed E-state index contributed by atoms with van der Waals surface area (Å²) in [5, 5.41) is 12.5. The minimum absolute atomic E-state index is 0.261. The van der Waals surface area contributed by atoms with Crippen molar-refractivity contribution in [1.29, 1.82) is 0 Å². The van der Waals surface area contributed by atoms with Crippen molar-refractivity contribution < 1.29 is 14.6 Å². The molecule has 0 radical (unpaired) electrons. The molecule has 2 aromatic rings. The summed E-state index contributed by atoms with van der Waals surface area (Å²) in [6.07, 6.45) is 4.01. The van der Waals surface area contributed by atoms with Gasteiger partial charge in [0.1, 0.15) is 12.4 Å². The summed E-state index contributed by atoms with van der Waals surface area (Å²) in [6, 6.07) is 15.0. The number of nitrogens with one attached hydrogen (secondary N) is 1. The molecule has 0 aliphatic heterocycles. The second kappa shape index (κ2) is 8.63. The summed E-state index contributed by atoms with van der Waals surface area (Å²) < 4.78 is 5.12. The summed E-state index contributed by atoms with van der Waals surface area (Å²) in [5.41, 5.74) is 2.77. The van der Waals surface area contributed by atoms with Gasteiger partial charge in [0.2, 0.25) is 0 Å². The molecule has 4 heteroatoms. The fraction of sp³-hybridized carbons (Fsp3) is 0.211. The van der Waals surface area contributed by atoms with Crippen molar-refractivity contribution in [1.82, 2.24) is 5.32 Å². The predicted molar refractivity (Wildman–Crippen MR) is 91.1 cm³/mol. The minimum atomic E-state index is -0.430. The number of hydrogen-bond donors (Lipinski definition) is 2. The lowest BCUT2D eigenvalue weighted by atomic mass is 10.1. The molecule has 0 aromatic heterocycles. The summed E-state index contributed by atoms with van der Waals surface area (Å²) in [5.74, 6) is 0.261. The van der Waals surface area contributed by atoms with Gasteiger partial charge in [0, 0.05) is 12.1 Å². The summed E-state index contributed by atoms with van der Waals surface area (Å²) >= 11 is 0. The third-order valence-corrected chi connectivity index (χ3v) is 3.38. The number of aryl methyl sites for hydroxylation is 1. The first-order valence-electron chi connectivity index (χ1n) is 7.56. The topological polar surface area (TPSA) is 58.6 Å². The zero-order chi connectivity index (χ0) is 16.5. The van der Waals surface area contributed by atoms with Gasteiger partial charge in [-0.05, 0) is 30.5 Å². The Morgan fingerprint density at radius 1 is 1.17 bits per heavy atom. The lowest BCUT2D eigenvalue weighted by Gasteiger charge is -2.06. The Bertz CT molecular complexity index is 645. The fourth-order valence-corrected chi connectivity index (χ4v) is 2.11. The normalized spacial score (nSPS) is 10.7. The lowest BCUT2D eigenvalue weighted by Crippen LogP contribution is -2.24. The van der Waals surface area contributed by atoms with Crippen LogP contribution in [0.2, 0.25) is 0 Å². The van der Waals surface area contributed by atoms with Crippen LogP contribution in [0.5, 0.6) is 5.75 Å². The summed E-state index contributed by atoms with van der Waals surface area (Å²) in [6.45, 7) is 2.69. The molecule has 0 unspecified atom stereocenters. The Balaban J connectivity index is 1.69. The molecule has 0 aliphatic carbocycles. The van der Waals surface area contributed by atoms with E-state index in [-0.39, 0.29) is 12.4 Å². The van der Waals surface area contributed by atoms with Gasteiger partial charge in [0.25, 0.3) is 0 Å². The molecule has 0 aliphatic rings. The van der Waals surface area contributed by atoms with Crippen molar-refractivity contribution in [3.63, 3.8) is 0 Å². The first-order chi connectivity index (χ1) is 11.2. The van der Waals surface area contributed by atoms with Gasteiger partial charge in [0.05, 0.1) is 0 Å². The highest BCUT2D eigenvalue weighted by Crippen LogP contribution is 2.21. The highest BCUT2D eigenvalue weighted by molar-refractivity contribution is 5.67. The zero-order valence-corrected chi connectivity index (χ0v) is 13.2. The molecule has 2 N–H and O–H groups in total. The fourth-order valence-electron chi connectivity index (χ4n) is 2.11. The molecule has 0 saturated carbocycles. The van der Waals surface area contributed by atoms with Crippen LogP contribution in [-0.2, 0) is 11.3 Å². The van der Waals surface area contributed by atoms with Crippen LogP contribution < -0.4 is 5.32 Å². The summed E-state index contributed by atoms with van der Waals surface area (Å²) in [4.78, 5) is 11.6. The Morgan fingerprint density at radius 2 is 1.96 bits per heavy atom. The van der Waals surface area contributed by atoms with E-state index >= 15 is 0 Å². The maximum absolute atomic E-state index is 11.6. The van der Waals surface area contributed by atoms with E-state index in [2.05, 4.69) is 5.32 Å². The minimum Gasteiger partial charge on any atom is -0.507 e. The molecule has 23 heavy (non-hydrogen) atoms. The molecule has 1 amide bonds. The predicted octanol–water partition coefficient (Wildman–Crippen LogP) is 4.03. The number of hydrogen-bond acceptors (Lipinski definition) is 3. The van der Waals surface area contributed by atoms with E-state index in [0.29, 0.717) is 13.0 Å². The molecule has 2 rings (SSSR count). The lowest BCUT2D eigenvalue weighted by molar-refractivity contribution is 0.140. The van der Waals surface area contributed by atoms with Crippen molar-refractivity contribution in [3.8, 4) is 5.75 Å². The van der Waals surface area contributed by atoms with Crippen molar-refractivity contribution in [2.24, 2.45) is 0 Å². The molecule has 0 heterocycles. The molecule has 0 spiro atoms. The maximum atomic E-state index is 11.6. The van der Waals surface area contributed by atoms with Gasteiger partial charge in [0.15, 0.2) is 0 Å². The highest BCUT2D eigenvalue weighted by Gasteiger charge is 2.02. The number of benzene rings is 2. The molecule has 0 saturated heterocycles. The molecule has 2 aromatic carbocycles. The molecule has 4 nitrogen and oxygen atoms in total. The van der Waals surface area contributed by atoms with Crippen LogP contribution in [0.25, 0.3) is 6.08 Å². The van der Waals surface area contributed by atoms with Crippen LogP contribution in [0.1, 0.15) is 23.1 Å². The van der Waals surface area contributed by atoms with E-state index in [1.807, 2.05) is 61.5 Å². The number of ether oxygens (including phenoxy) is 1. The third-order valence-electron chi connectivity index (χ3n) is 3.38. The second-order valence-electron chi connectivity index (χ2n) is 5.19. The van der Waals surface area contributed by atoms with Crippen molar-refractivity contribution in [2.75, 3.05) is 6.54 Å². The average molecular weight is 311 g/mol. The van der Waals surface area contributed by atoms with Crippen LogP contribution >= 0.6 is 0 Å². The monoisotopic (exact) mass is 311 g/mol. The van der Waals surface area contributed by atoms with Gasteiger partial charge in [-0.2, -0.15) is 0 Å². The Hall–Kier alpha value is -2.75. The van der Waals surface area contributed by atoms with Gasteiger partial charge in [-0.15, -0.1) is 0 Å². The van der Waals surface area contributed by atoms with E-state index in [0.717, 1.165) is 16.7 Å². The van der Waals surface area contributed by atoms with Gasteiger partial charge < -0.3 is 15.2 Å². The van der Waals surface area contributed by atoms with Crippen LogP contribution in [0.3, 0.4) is 0 Å². The van der Waals surface area contributed by atoms with Gasteiger partial charge in [-0.25, -0.2) is 4.79 Å². The van der Waals surface area contributed by atoms with Crippen LogP contribution in [0.15, 0.2) is 54.6 Å². The van der Waals surface area contributed by atoms with E-state index in [9.17, 15) is 9.90 Å². The SMILES string of the molecule is Cc1cccc(O)c1C=CCCNC(=O)OCc1ccccc1. The number of aromatic hydroxyl groups is 1. The molecule has 0 bridgehead atoms. The molecule has 120 valence electrons. The molecular weight excluding hydrogens is 290 g/mol. The second-order valence-corrected chi connectivity index (χ2v) is 5.19. The molecule has 0 fully saturated rings. The number of carbonyl (C=O) groups excluding carboxylic acids is 1. The summed E-state index contributed by atoms with van der Waals surface area (Å²) in [7, 11) is 0. The quantitative estimate of drug-likeness (QED) is 0.792. The molecular formula is C19H21NO3. The number of phenols is 1. The van der Waals surface area contributed by atoms with Crippen LogP contribution in [-0.4, -0.2) is 17.7 Å². The van der Waals surface area contributed by atoms with Crippen molar-refractivity contribution in [3.05, 3.63) is 71.3 Å². The standard InChI is InChI=1S/C19H21NO3/c1-15-8-7-12-18(21)17(15)11-5-6-13-20-19(22)23-14-16-9-3-2-4-10-16/h2-5,7-12,21H,6,13-14H2,1H3,(H,20,22).